The third-order valence-electron chi connectivity index (χ3n) is 4.29. The van der Waals surface area contributed by atoms with Crippen LogP contribution in [0.1, 0.15) is 34.1 Å². The summed E-state index contributed by atoms with van der Waals surface area (Å²) in [5.74, 6) is 0.660. The minimum atomic E-state index is 0.110. The molecule has 0 N–H and O–H groups in total. The highest BCUT2D eigenvalue weighted by Crippen LogP contribution is 2.74. The number of hydrogen-bond donors (Lipinski definition) is 0. The third kappa shape index (κ3) is 1.69. The topological polar surface area (TPSA) is 30.8 Å². The number of ether oxygens (including phenoxy) is 1. The van der Waals surface area contributed by atoms with Crippen molar-refractivity contribution in [1.29, 1.82) is 0 Å². The molecule has 4 heteroatoms. The molecule has 0 bridgehead atoms. The average molecular weight is 221 g/mol. The fourth-order valence-corrected chi connectivity index (χ4v) is 2.38. The van der Waals surface area contributed by atoms with Gasteiger partial charge in [0.2, 0.25) is 5.88 Å². The normalized spacial score (nSPS) is 29.9. The first-order valence-electron chi connectivity index (χ1n) is 5.83. The van der Waals surface area contributed by atoms with Crippen LogP contribution >= 0.6 is 0 Å². The summed E-state index contributed by atoms with van der Waals surface area (Å²) in [6.45, 7) is 9.36. The second kappa shape index (κ2) is 3.62. The molecule has 0 spiro atoms. The van der Waals surface area contributed by atoms with Gasteiger partial charge in [-0.2, -0.15) is 0 Å². The first kappa shape index (κ1) is 11.7. The van der Waals surface area contributed by atoms with E-state index in [4.69, 9.17) is 9.39 Å². The van der Waals surface area contributed by atoms with Gasteiger partial charge in [-0.25, -0.2) is 4.99 Å². The first-order chi connectivity index (χ1) is 7.39. The van der Waals surface area contributed by atoms with E-state index >= 15 is 0 Å². The van der Waals surface area contributed by atoms with Crippen LogP contribution in [0.3, 0.4) is 0 Å². The summed E-state index contributed by atoms with van der Waals surface area (Å²) < 4.78 is 11.2. The SMILES string of the molecule is COC1=CC(OB2C(C)(C)C2(C)C)CC=N1. The Hall–Kier alpha value is -0.765. The van der Waals surface area contributed by atoms with E-state index in [2.05, 4.69) is 32.7 Å². The largest absolute Gasteiger partial charge is 0.481 e. The number of nitrogens with zero attached hydrogens (tertiary/aromatic N) is 1. The quantitative estimate of drug-likeness (QED) is 0.686. The van der Waals surface area contributed by atoms with E-state index in [0.29, 0.717) is 12.8 Å². The van der Waals surface area contributed by atoms with Gasteiger partial charge < -0.3 is 9.39 Å². The van der Waals surface area contributed by atoms with Crippen molar-refractivity contribution in [3.63, 3.8) is 0 Å². The van der Waals surface area contributed by atoms with Gasteiger partial charge in [-0.1, -0.05) is 27.7 Å². The minimum Gasteiger partial charge on any atom is -0.481 e. The minimum absolute atomic E-state index is 0.110. The number of rotatable bonds is 3. The van der Waals surface area contributed by atoms with Crippen molar-refractivity contribution in [2.45, 2.75) is 50.8 Å². The highest BCUT2D eigenvalue weighted by molar-refractivity contribution is 6.72. The lowest BCUT2D eigenvalue weighted by Crippen LogP contribution is -2.20. The zero-order valence-corrected chi connectivity index (χ0v) is 10.8. The maximum absolute atomic E-state index is 6.12. The summed E-state index contributed by atoms with van der Waals surface area (Å²) in [5, 5.41) is 0.533. The van der Waals surface area contributed by atoms with Crippen LogP contribution in [-0.2, 0) is 9.39 Å². The number of aliphatic imine (C=N–C) groups is 1. The van der Waals surface area contributed by atoms with Crippen molar-refractivity contribution < 1.29 is 9.39 Å². The maximum atomic E-state index is 6.12. The fourth-order valence-electron chi connectivity index (χ4n) is 2.38. The molecule has 3 nitrogen and oxygen atoms in total. The lowest BCUT2D eigenvalue weighted by atomic mass is 9.77. The Balaban J connectivity index is 1.98. The average Bonchev–Trinajstić information content (AvgIpc) is 2.61. The van der Waals surface area contributed by atoms with Crippen LogP contribution in [0.15, 0.2) is 17.0 Å². The zero-order chi connectivity index (χ0) is 12.0. The van der Waals surface area contributed by atoms with E-state index in [-0.39, 0.29) is 16.7 Å². The van der Waals surface area contributed by atoms with Crippen molar-refractivity contribution in [2.75, 3.05) is 7.11 Å². The van der Waals surface area contributed by atoms with E-state index in [9.17, 15) is 0 Å². The summed E-state index contributed by atoms with van der Waals surface area (Å²) in [7, 11) is 1.64. The van der Waals surface area contributed by atoms with Crippen LogP contribution in [0.4, 0.5) is 0 Å². The van der Waals surface area contributed by atoms with Gasteiger partial charge in [0.25, 0.3) is 0 Å². The Bertz CT molecular complexity index is 333. The van der Waals surface area contributed by atoms with E-state index in [1.807, 2.05) is 12.3 Å². The molecule has 0 aromatic carbocycles. The van der Waals surface area contributed by atoms with Gasteiger partial charge in [0, 0.05) is 18.7 Å². The van der Waals surface area contributed by atoms with Gasteiger partial charge in [-0.05, 0) is 10.6 Å². The Labute approximate surface area is 98.0 Å². The smallest absolute Gasteiger partial charge is 0.305 e. The molecule has 2 rings (SSSR count). The van der Waals surface area contributed by atoms with E-state index in [1.54, 1.807) is 7.11 Å². The summed E-state index contributed by atoms with van der Waals surface area (Å²) >= 11 is 0. The van der Waals surface area contributed by atoms with Crippen LogP contribution in [0.25, 0.3) is 0 Å². The second-order valence-corrected chi connectivity index (χ2v) is 5.75. The number of hydrogen-bond acceptors (Lipinski definition) is 3. The van der Waals surface area contributed by atoms with Gasteiger partial charge in [0.15, 0.2) is 0 Å². The third-order valence-corrected chi connectivity index (χ3v) is 4.29. The number of methoxy groups -OCH3 is 1. The van der Waals surface area contributed by atoms with Crippen LogP contribution in [0.2, 0.25) is 10.6 Å². The van der Waals surface area contributed by atoms with Crippen LogP contribution in [0.5, 0.6) is 0 Å². The molecule has 0 aromatic heterocycles. The molecule has 1 atom stereocenters. The van der Waals surface area contributed by atoms with E-state index in [0.717, 1.165) is 6.42 Å². The molecule has 2 aliphatic heterocycles. The summed E-state index contributed by atoms with van der Waals surface area (Å²) in [6, 6.07) is 0. The summed E-state index contributed by atoms with van der Waals surface area (Å²) in [5.41, 5.74) is 0. The zero-order valence-electron chi connectivity index (χ0n) is 10.8. The van der Waals surface area contributed by atoms with Crippen LogP contribution < -0.4 is 0 Å². The maximum Gasteiger partial charge on any atom is 0.305 e. The molecule has 1 fully saturated rings. The second-order valence-electron chi connectivity index (χ2n) is 5.75. The van der Waals surface area contributed by atoms with E-state index < -0.39 is 0 Å². The predicted octanol–water partition coefficient (Wildman–Crippen LogP) is 2.90. The highest BCUT2D eigenvalue weighted by atomic mass is 16.5. The lowest BCUT2D eigenvalue weighted by molar-refractivity contribution is 0.235. The van der Waals surface area contributed by atoms with Gasteiger partial charge >= 0.3 is 6.92 Å². The predicted molar refractivity (Wildman–Crippen MR) is 66.9 cm³/mol. The van der Waals surface area contributed by atoms with Crippen molar-refractivity contribution in [3.8, 4) is 0 Å². The lowest BCUT2D eigenvalue weighted by Gasteiger charge is -2.17. The molecule has 0 saturated carbocycles. The van der Waals surface area contributed by atoms with Crippen molar-refractivity contribution >= 4 is 13.1 Å². The fraction of sp³-hybridized carbons (Fsp3) is 0.750. The molecule has 16 heavy (non-hydrogen) atoms. The molecule has 0 aliphatic carbocycles. The monoisotopic (exact) mass is 221 g/mol. The van der Waals surface area contributed by atoms with Gasteiger partial charge in [-0.15, -0.1) is 0 Å². The van der Waals surface area contributed by atoms with Crippen LogP contribution in [-0.4, -0.2) is 26.3 Å². The molecular weight excluding hydrogens is 201 g/mol. The van der Waals surface area contributed by atoms with Crippen molar-refractivity contribution in [2.24, 2.45) is 4.99 Å². The molecule has 1 saturated heterocycles. The van der Waals surface area contributed by atoms with Gasteiger partial charge in [-0.3, -0.25) is 0 Å². The molecule has 0 aromatic rings. The molecule has 0 radical (unpaired) electrons. The molecule has 2 heterocycles. The summed E-state index contributed by atoms with van der Waals surface area (Å²) in [6.07, 6.45) is 4.78. The Kier molecular flexibility index (Phi) is 2.65. The molecule has 2 aliphatic rings. The van der Waals surface area contributed by atoms with Gasteiger partial charge in [0.05, 0.1) is 13.2 Å². The standard InChI is InChI=1S/C12H20BNO2/c1-11(2)12(3,4)13(11)16-9-6-7-14-10(8-9)15-5/h7-9H,6H2,1-5H3. The van der Waals surface area contributed by atoms with E-state index in [1.165, 1.54) is 0 Å². The van der Waals surface area contributed by atoms with Crippen molar-refractivity contribution in [1.82, 2.24) is 0 Å². The molecule has 0 amide bonds. The Morgan fingerprint density at radius 2 is 1.94 bits per heavy atom. The van der Waals surface area contributed by atoms with Gasteiger partial charge in [0.1, 0.15) is 0 Å². The van der Waals surface area contributed by atoms with Crippen molar-refractivity contribution in [3.05, 3.63) is 12.0 Å². The Morgan fingerprint density at radius 1 is 1.31 bits per heavy atom. The molecule has 1 unspecified atom stereocenters. The molecule has 88 valence electrons. The van der Waals surface area contributed by atoms with Crippen LogP contribution in [0, 0.1) is 0 Å². The summed E-state index contributed by atoms with van der Waals surface area (Å²) in [4.78, 5) is 4.13. The Morgan fingerprint density at radius 3 is 2.44 bits per heavy atom. The highest BCUT2D eigenvalue weighted by Gasteiger charge is 2.70. The first-order valence-corrected chi connectivity index (χ1v) is 5.83. The molecular formula is C12H20BNO2.